The molecule has 1 heterocycles. The molecule has 9 heteroatoms. The van der Waals surface area contributed by atoms with Gasteiger partial charge >= 0.3 is 12.1 Å². The van der Waals surface area contributed by atoms with Crippen LogP contribution in [0, 0.1) is 0 Å². The lowest BCUT2D eigenvalue weighted by molar-refractivity contribution is -0.139. The summed E-state index contributed by atoms with van der Waals surface area (Å²) < 4.78 is 11.0. The number of aryl methyl sites for hydroxylation is 1. The summed E-state index contributed by atoms with van der Waals surface area (Å²) in [7, 11) is 0. The first kappa shape index (κ1) is 26.2. The van der Waals surface area contributed by atoms with E-state index in [1.807, 2.05) is 60.7 Å². The van der Waals surface area contributed by atoms with Crippen LogP contribution >= 0.6 is 0 Å². The third kappa shape index (κ3) is 7.07. The zero-order chi connectivity index (χ0) is 26.9. The normalized spacial score (nSPS) is 12.2. The Kier molecular flexibility index (Phi) is 8.50. The number of aliphatic carboxylic acids is 1. The van der Waals surface area contributed by atoms with E-state index >= 15 is 0 Å². The molecule has 3 N–H and O–H groups in total. The average molecular weight is 514 g/mol. The molecule has 9 nitrogen and oxygen atoms in total. The predicted molar refractivity (Wildman–Crippen MR) is 141 cm³/mol. The number of carboxylic acid groups (broad SMARTS) is 1. The second-order valence-corrected chi connectivity index (χ2v) is 8.58. The minimum Gasteiger partial charge on any atom is -0.480 e. The number of nitrogens with one attached hydrogen (secondary N) is 2. The van der Waals surface area contributed by atoms with Crippen LogP contribution in [0.2, 0.25) is 0 Å². The van der Waals surface area contributed by atoms with E-state index in [2.05, 4.69) is 15.6 Å². The lowest BCUT2D eigenvalue weighted by Crippen LogP contribution is -2.41. The van der Waals surface area contributed by atoms with Crippen molar-refractivity contribution < 1.29 is 28.6 Å². The van der Waals surface area contributed by atoms with Gasteiger partial charge in [0.15, 0.2) is 0 Å². The van der Waals surface area contributed by atoms with Crippen LogP contribution in [0.15, 0.2) is 95.5 Å². The van der Waals surface area contributed by atoms with Crippen molar-refractivity contribution in [1.82, 2.24) is 10.3 Å². The highest BCUT2D eigenvalue weighted by Crippen LogP contribution is 2.23. The van der Waals surface area contributed by atoms with Gasteiger partial charge in [-0.15, -0.1) is 0 Å². The zero-order valence-corrected chi connectivity index (χ0v) is 20.7. The fourth-order valence-corrected chi connectivity index (χ4v) is 3.77. The molecule has 194 valence electrons. The molecule has 0 aliphatic heterocycles. The molecule has 2 atom stereocenters. The third-order valence-corrected chi connectivity index (χ3v) is 5.85. The van der Waals surface area contributed by atoms with Crippen LogP contribution in [0.3, 0.4) is 0 Å². The first-order valence-corrected chi connectivity index (χ1v) is 12.1. The number of nitrogens with zero attached hydrogens (tertiary/aromatic N) is 1. The second kappa shape index (κ2) is 12.4. The molecule has 0 spiro atoms. The van der Waals surface area contributed by atoms with Crippen molar-refractivity contribution in [1.29, 1.82) is 0 Å². The monoisotopic (exact) mass is 513 g/mol. The molecule has 0 radical (unpaired) electrons. The summed E-state index contributed by atoms with van der Waals surface area (Å²) in [6.45, 7) is 1.76. The summed E-state index contributed by atoms with van der Waals surface area (Å²) in [6, 6.07) is 24.1. The number of carbonyl (C=O) groups is 3. The van der Waals surface area contributed by atoms with E-state index in [0.29, 0.717) is 17.5 Å². The molecule has 38 heavy (non-hydrogen) atoms. The molecule has 4 rings (SSSR count). The lowest BCUT2D eigenvalue weighted by atomic mass is 10.0. The van der Waals surface area contributed by atoms with Gasteiger partial charge in [-0.1, -0.05) is 60.7 Å². The van der Waals surface area contributed by atoms with Crippen molar-refractivity contribution in [2.45, 2.75) is 31.9 Å². The van der Waals surface area contributed by atoms with E-state index in [1.54, 1.807) is 31.2 Å². The Hall–Kier alpha value is -4.92. The van der Waals surface area contributed by atoms with E-state index in [4.69, 9.17) is 9.15 Å². The minimum absolute atomic E-state index is 0.106. The van der Waals surface area contributed by atoms with Gasteiger partial charge in [0, 0.05) is 11.1 Å². The van der Waals surface area contributed by atoms with E-state index in [9.17, 15) is 19.5 Å². The second-order valence-electron chi connectivity index (χ2n) is 8.58. The Labute approximate surface area is 219 Å². The molecule has 2 amide bonds. The maximum atomic E-state index is 12.7. The van der Waals surface area contributed by atoms with Gasteiger partial charge in [0.2, 0.25) is 11.8 Å². The number of oxazole rings is 1. The molecule has 0 aliphatic carbocycles. The fraction of sp³-hybridized carbons (Fsp3) is 0.172. The van der Waals surface area contributed by atoms with Gasteiger partial charge in [-0.3, -0.25) is 10.1 Å². The van der Waals surface area contributed by atoms with Crippen molar-refractivity contribution in [3.8, 4) is 11.5 Å². The minimum atomic E-state index is -1.09. The number of benzene rings is 3. The molecule has 4 aromatic rings. The number of ether oxygens (including phenoxy) is 1. The Balaban J connectivity index is 1.32. The zero-order valence-electron chi connectivity index (χ0n) is 20.7. The summed E-state index contributed by atoms with van der Waals surface area (Å²) in [5.41, 5.74) is 2.72. The number of carboxylic acids is 1. The van der Waals surface area contributed by atoms with Gasteiger partial charge in [0.1, 0.15) is 12.1 Å². The van der Waals surface area contributed by atoms with Gasteiger partial charge in [0.05, 0.1) is 6.20 Å². The summed E-state index contributed by atoms with van der Waals surface area (Å²) >= 11 is 0. The Morgan fingerprint density at radius 3 is 2.26 bits per heavy atom. The molecule has 3 aromatic carbocycles. The van der Waals surface area contributed by atoms with Crippen molar-refractivity contribution in [3.05, 3.63) is 108 Å². The predicted octanol–water partition coefficient (Wildman–Crippen LogP) is 5.47. The van der Waals surface area contributed by atoms with Crippen molar-refractivity contribution in [3.63, 3.8) is 0 Å². The van der Waals surface area contributed by atoms with E-state index < -0.39 is 30.1 Å². The summed E-state index contributed by atoms with van der Waals surface area (Å²) in [6.07, 6.45) is 1.01. The molecule has 0 bridgehead atoms. The van der Waals surface area contributed by atoms with E-state index in [-0.39, 0.29) is 18.2 Å². The SMILES string of the molecule is CC(OC(=O)Nc1cnc(-c2ccc(C(=O)NC(CCc3ccccc3)C(=O)O)cc2)o1)c1ccccc1. The first-order valence-electron chi connectivity index (χ1n) is 12.1. The van der Waals surface area contributed by atoms with E-state index in [0.717, 1.165) is 11.1 Å². The van der Waals surface area contributed by atoms with Crippen molar-refractivity contribution in [2.24, 2.45) is 0 Å². The van der Waals surface area contributed by atoms with Gasteiger partial charge < -0.3 is 19.6 Å². The molecule has 0 saturated carbocycles. The summed E-state index contributed by atoms with van der Waals surface area (Å²) in [4.78, 5) is 40.7. The van der Waals surface area contributed by atoms with Crippen LogP contribution in [0.5, 0.6) is 0 Å². The molecular formula is C29H27N3O6. The Morgan fingerprint density at radius 2 is 1.61 bits per heavy atom. The lowest BCUT2D eigenvalue weighted by Gasteiger charge is -2.14. The van der Waals surface area contributed by atoms with Crippen molar-refractivity contribution in [2.75, 3.05) is 5.32 Å². The van der Waals surface area contributed by atoms with Crippen LogP contribution in [0.25, 0.3) is 11.5 Å². The molecule has 0 fully saturated rings. The van der Waals surface area contributed by atoms with Crippen molar-refractivity contribution >= 4 is 23.9 Å². The van der Waals surface area contributed by atoms with Crippen LogP contribution in [0.1, 0.15) is 40.9 Å². The number of hydrogen-bond acceptors (Lipinski definition) is 6. The quantitative estimate of drug-likeness (QED) is 0.256. The van der Waals surface area contributed by atoms with Gasteiger partial charge in [-0.2, -0.15) is 0 Å². The largest absolute Gasteiger partial charge is 0.480 e. The summed E-state index contributed by atoms with van der Waals surface area (Å²) in [5, 5.41) is 14.6. The standard InChI is InChI=1S/C29H27N3O6/c1-19(21-10-6-3-7-11-21)37-29(36)32-25-18-30-27(38-25)23-15-13-22(14-16-23)26(33)31-24(28(34)35)17-12-20-8-4-2-5-9-20/h2-11,13-16,18-19,24H,12,17H2,1H3,(H,31,33)(H,32,36)(H,34,35). The maximum Gasteiger partial charge on any atom is 0.414 e. The van der Waals surface area contributed by atoms with Gasteiger partial charge in [-0.05, 0) is 55.2 Å². The molecule has 1 aromatic heterocycles. The van der Waals surface area contributed by atoms with Crippen LogP contribution in [-0.2, 0) is 16.0 Å². The number of carbonyl (C=O) groups excluding carboxylic acids is 2. The summed E-state index contributed by atoms with van der Waals surface area (Å²) in [5.74, 6) is -1.26. The first-order chi connectivity index (χ1) is 18.4. The Morgan fingerprint density at radius 1 is 0.947 bits per heavy atom. The molecule has 0 saturated heterocycles. The Bertz CT molecular complexity index is 1370. The smallest absolute Gasteiger partial charge is 0.414 e. The highest BCUT2D eigenvalue weighted by atomic mass is 16.6. The third-order valence-electron chi connectivity index (χ3n) is 5.85. The fourth-order valence-electron chi connectivity index (χ4n) is 3.77. The number of hydrogen-bond donors (Lipinski definition) is 3. The number of amides is 2. The van der Waals surface area contributed by atoms with Crippen LogP contribution in [0.4, 0.5) is 10.7 Å². The number of rotatable bonds is 10. The average Bonchev–Trinajstić information content (AvgIpc) is 3.40. The molecule has 2 unspecified atom stereocenters. The highest BCUT2D eigenvalue weighted by molar-refractivity contribution is 5.96. The van der Waals surface area contributed by atoms with Crippen LogP contribution in [-0.4, -0.2) is 34.1 Å². The van der Waals surface area contributed by atoms with Gasteiger partial charge in [-0.25, -0.2) is 14.6 Å². The van der Waals surface area contributed by atoms with E-state index in [1.165, 1.54) is 6.20 Å². The number of anilines is 1. The molecular weight excluding hydrogens is 486 g/mol. The topological polar surface area (TPSA) is 131 Å². The maximum absolute atomic E-state index is 12.7. The number of aromatic nitrogens is 1. The highest BCUT2D eigenvalue weighted by Gasteiger charge is 2.21. The van der Waals surface area contributed by atoms with Gasteiger partial charge in [0.25, 0.3) is 5.91 Å². The molecule has 0 aliphatic rings. The van der Waals surface area contributed by atoms with Crippen LogP contribution < -0.4 is 10.6 Å².